The van der Waals surface area contributed by atoms with Crippen LogP contribution in [0, 0.1) is 0 Å². The summed E-state index contributed by atoms with van der Waals surface area (Å²) in [5, 5.41) is 2.67. The molecule has 0 saturated heterocycles. The minimum atomic E-state index is 1.14. The van der Waals surface area contributed by atoms with Crippen LogP contribution >= 0.6 is 15.9 Å². The second kappa shape index (κ2) is 10.2. The standard InChI is InChI=1S/C24H32BrN/c1-2-3-4-5-6-7-8-9-10-11-13-19-14-12-15-21-22-18-20(25)16-17-23(22)26-24(19)21/h12,14-18,26H,2-11,13H2,1H3. The number of aryl methyl sites for hydroxylation is 1. The topological polar surface area (TPSA) is 15.8 Å². The average molecular weight is 414 g/mol. The molecule has 1 heterocycles. The van der Waals surface area contributed by atoms with Gasteiger partial charge in [0.2, 0.25) is 0 Å². The van der Waals surface area contributed by atoms with Gasteiger partial charge in [-0.05, 0) is 36.6 Å². The lowest BCUT2D eigenvalue weighted by molar-refractivity contribution is 0.556. The number of aromatic nitrogens is 1. The van der Waals surface area contributed by atoms with E-state index in [0.29, 0.717) is 0 Å². The van der Waals surface area contributed by atoms with Crippen LogP contribution in [0.15, 0.2) is 40.9 Å². The zero-order chi connectivity index (χ0) is 18.2. The largest absolute Gasteiger partial charge is 0.354 e. The molecule has 2 aromatic carbocycles. The van der Waals surface area contributed by atoms with Crippen molar-refractivity contribution in [2.75, 3.05) is 0 Å². The summed E-state index contributed by atoms with van der Waals surface area (Å²) in [6, 6.07) is 13.2. The Morgan fingerprint density at radius 2 is 1.46 bits per heavy atom. The Morgan fingerprint density at radius 3 is 2.19 bits per heavy atom. The van der Waals surface area contributed by atoms with Crippen molar-refractivity contribution in [1.82, 2.24) is 4.98 Å². The first-order chi connectivity index (χ1) is 12.8. The van der Waals surface area contributed by atoms with Crippen LogP contribution in [0.4, 0.5) is 0 Å². The quantitative estimate of drug-likeness (QED) is 0.303. The number of hydrogen-bond donors (Lipinski definition) is 1. The highest BCUT2D eigenvalue weighted by Crippen LogP contribution is 2.30. The number of H-pyrrole nitrogens is 1. The van der Waals surface area contributed by atoms with Gasteiger partial charge in [-0.25, -0.2) is 0 Å². The normalized spacial score (nSPS) is 11.6. The minimum absolute atomic E-state index is 1.14. The summed E-state index contributed by atoms with van der Waals surface area (Å²) in [5.41, 5.74) is 4.03. The monoisotopic (exact) mass is 413 g/mol. The van der Waals surface area contributed by atoms with Crippen LogP contribution < -0.4 is 0 Å². The molecule has 1 aromatic heterocycles. The van der Waals surface area contributed by atoms with E-state index < -0.39 is 0 Å². The first-order valence-electron chi connectivity index (χ1n) is 10.5. The van der Waals surface area contributed by atoms with Crippen molar-refractivity contribution in [3.05, 3.63) is 46.4 Å². The molecular weight excluding hydrogens is 382 g/mol. The highest BCUT2D eigenvalue weighted by molar-refractivity contribution is 9.10. The molecule has 0 spiro atoms. The average Bonchev–Trinajstić information content (AvgIpc) is 3.02. The number of benzene rings is 2. The van der Waals surface area contributed by atoms with Gasteiger partial charge in [0.25, 0.3) is 0 Å². The maximum absolute atomic E-state index is 3.64. The molecule has 1 N–H and O–H groups in total. The smallest absolute Gasteiger partial charge is 0.0497 e. The molecule has 0 amide bonds. The Hall–Kier alpha value is -1.28. The van der Waals surface area contributed by atoms with Crippen LogP contribution in [0.3, 0.4) is 0 Å². The molecule has 3 rings (SSSR count). The van der Waals surface area contributed by atoms with E-state index in [1.54, 1.807) is 0 Å². The zero-order valence-corrected chi connectivity index (χ0v) is 17.7. The lowest BCUT2D eigenvalue weighted by Gasteiger charge is -2.04. The van der Waals surface area contributed by atoms with E-state index in [2.05, 4.69) is 64.2 Å². The Bertz CT molecular complexity index is 818. The molecule has 0 bridgehead atoms. The maximum atomic E-state index is 3.64. The van der Waals surface area contributed by atoms with E-state index in [0.717, 1.165) is 4.47 Å². The van der Waals surface area contributed by atoms with Crippen LogP contribution in [-0.4, -0.2) is 4.98 Å². The van der Waals surface area contributed by atoms with Gasteiger partial charge in [0.05, 0.1) is 0 Å². The predicted octanol–water partition coefficient (Wildman–Crippen LogP) is 8.55. The second-order valence-electron chi connectivity index (χ2n) is 7.59. The minimum Gasteiger partial charge on any atom is -0.354 e. The Labute approximate surface area is 166 Å². The molecule has 0 aliphatic heterocycles. The summed E-state index contributed by atoms with van der Waals surface area (Å²) < 4.78 is 1.14. The van der Waals surface area contributed by atoms with Crippen LogP contribution in [-0.2, 0) is 6.42 Å². The van der Waals surface area contributed by atoms with E-state index in [9.17, 15) is 0 Å². The molecule has 0 radical (unpaired) electrons. The van der Waals surface area contributed by atoms with Crippen molar-refractivity contribution < 1.29 is 0 Å². The molecular formula is C24H32BrN. The van der Waals surface area contributed by atoms with E-state index in [4.69, 9.17) is 0 Å². The van der Waals surface area contributed by atoms with Gasteiger partial charge in [-0.2, -0.15) is 0 Å². The van der Waals surface area contributed by atoms with Crippen LogP contribution in [0.2, 0.25) is 0 Å². The van der Waals surface area contributed by atoms with E-state index in [1.165, 1.54) is 98.0 Å². The fraction of sp³-hybridized carbons (Fsp3) is 0.500. The van der Waals surface area contributed by atoms with Crippen molar-refractivity contribution in [3.63, 3.8) is 0 Å². The number of para-hydroxylation sites is 1. The summed E-state index contributed by atoms with van der Waals surface area (Å²) in [5.74, 6) is 0. The first-order valence-corrected chi connectivity index (χ1v) is 11.3. The van der Waals surface area contributed by atoms with Gasteiger partial charge in [-0.1, -0.05) is 98.8 Å². The number of unbranched alkanes of at least 4 members (excludes halogenated alkanes) is 9. The Balaban J connectivity index is 1.47. The molecule has 0 saturated carbocycles. The van der Waals surface area contributed by atoms with Gasteiger partial charge in [0.15, 0.2) is 0 Å². The molecule has 0 unspecified atom stereocenters. The summed E-state index contributed by atoms with van der Waals surface area (Å²) in [6.07, 6.45) is 15.1. The van der Waals surface area contributed by atoms with Crippen molar-refractivity contribution in [3.8, 4) is 0 Å². The van der Waals surface area contributed by atoms with Crippen LogP contribution in [0.25, 0.3) is 21.8 Å². The molecule has 0 fully saturated rings. The molecule has 0 aliphatic carbocycles. The third-order valence-electron chi connectivity index (χ3n) is 5.48. The van der Waals surface area contributed by atoms with Crippen molar-refractivity contribution >= 4 is 37.7 Å². The molecule has 0 aliphatic rings. The lowest BCUT2D eigenvalue weighted by Crippen LogP contribution is -1.88. The Morgan fingerprint density at radius 1 is 0.769 bits per heavy atom. The third kappa shape index (κ3) is 5.13. The predicted molar refractivity (Wildman–Crippen MR) is 119 cm³/mol. The number of nitrogens with one attached hydrogen (secondary N) is 1. The molecule has 140 valence electrons. The van der Waals surface area contributed by atoms with Gasteiger partial charge in [0, 0.05) is 26.3 Å². The molecule has 1 nitrogen and oxygen atoms in total. The van der Waals surface area contributed by atoms with Gasteiger partial charge >= 0.3 is 0 Å². The molecule has 2 heteroatoms. The number of rotatable bonds is 11. The van der Waals surface area contributed by atoms with Gasteiger partial charge in [-0.3, -0.25) is 0 Å². The highest BCUT2D eigenvalue weighted by Gasteiger charge is 2.08. The lowest BCUT2D eigenvalue weighted by atomic mass is 10.0. The summed E-state index contributed by atoms with van der Waals surface area (Å²) in [6.45, 7) is 2.29. The molecule has 3 aromatic rings. The first kappa shape index (κ1) is 19.5. The second-order valence-corrected chi connectivity index (χ2v) is 8.50. The summed E-state index contributed by atoms with van der Waals surface area (Å²) in [4.78, 5) is 3.64. The van der Waals surface area contributed by atoms with Crippen molar-refractivity contribution in [1.29, 1.82) is 0 Å². The molecule has 26 heavy (non-hydrogen) atoms. The van der Waals surface area contributed by atoms with E-state index in [-0.39, 0.29) is 0 Å². The fourth-order valence-electron chi connectivity index (χ4n) is 3.97. The number of hydrogen-bond acceptors (Lipinski definition) is 0. The highest BCUT2D eigenvalue weighted by atomic mass is 79.9. The van der Waals surface area contributed by atoms with Gasteiger partial charge in [-0.15, -0.1) is 0 Å². The SMILES string of the molecule is CCCCCCCCCCCCc1cccc2c1[nH]c1ccc(Br)cc12. The maximum Gasteiger partial charge on any atom is 0.0497 e. The summed E-state index contributed by atoms with van der Waals surface area (Å²) >= 11 is 3.60. The van der Waals surface area contributed by atoms with Crippen molar-refractivity contribution in [2.24, 2.45) is 0 Å². The van der Waals surface area contributed by atoms with E-state index >= 15 is 0 Å². The zero-order valence-electron chi connectivity index (χ0n) is 16.1. The van der Waals surface area contributed by atoms with Gasteiger partial charge in [0.1, 0.15) is 0 Å². The third-order valence-corrected chi connectivity index (χ3v) is 5.98. The van der Waals surface area contributed by atoms with Gasteiger partial charge < -0.3 is 4.98 Å². The van der Waals surface area contributed by atoms with Crippen LogP contribution in [0.1, 0.15) is 76.7 Å². The fourth-order valence-corrected chi connectivity index (χ4v) is 4.33. The number of halogens is 1. The van der Waals surface area contributed by atoms with Crippen LogP contribution in [0.5, 0.6) is 0 Å². The van der Waals surface area contributed by atoms with E-state index in [1.807, 2.05) is 0 Å². The Kier molecular flexibility index (Phi) is 7.61. The van der Waals surface area contributed by atoms with Crippen molar-refractivity contribution in [2.45, 2.75) is 77.6 Å². The molecule has 0 atom stereocenters. The number of aromatic amines is 1. The summed E-state index contributed by atoms with van der Waals surface area (Å²) in [7, 11) is 0. The number of fused-ring (bicyclic) bond motifs is 3.